The largest absolute Gasteiger partial charge is 0.444 e. The van der Waals surface area contributed by atoms with Crippen LogP contribution in [0.4, 0.5) is 16.3 Å². The zero-order valence-electron chi connectivity index (χ0n) is 23.5. The second kappa shape index (κ2) is 10.4. The molecule has 10 heteroatoms. The van der Waals surface area contributed by atoms with Gasteiger partial charge in [0.15, 0.2) is 0 Å². The van der Waals surface area contributed by atoms with Crippen molar-refractivity contribution in [2.75, 3.05) is 49.6 Å². The quantitative estimate of drug-likeness (QED) is 0.482. The Morgan fingerprint density at radius 1 is 1.07 bits per heavy atom. The molecule has 40 heavy (non-hydrogen) atoms. The van der Waals surface area contributed by atoms with E-state index >= 15 is 0 Å². The number of fused-ring (bicyclic) bond motifs is 1. The summed E-state index contributed by atoms with van der Waals surface area (Å²) in [5, 5.41) is 4.10. The third-order valence-corrected chi connectivity index (χ3v) is 8.30. The van der Waals surface area contributed by atoms with E-state index < -0.39 is 5.60 Å². The number of ether oxygens (including phenoxy) is 2. The summed E-state index contributed by atoms with van der Waals surface area (Å²) >= 11 is 0. The van der Waals surface area contributed by atoms with Crippen LogP contribution in [-0.2, 0) is 14.3 Å². The number of rotatable bonds is 4. The molecular weight excluding hydrogens is 508 g/mol. The molecule has 1 aliphatic carbocycles. The minimum absolute atomic E-state index is 0.00762. The molecule has 0 bridgehead atoms. The second-order valence-electron chi connectivity index (χ2n) is 12.4. The van der Waals surface area contributed by atoms with Crippen LogP contribution >= 0.6 is 0 Å². The number of morpholine rings is 1. The monoisotopic (exact) mass is 546 g/mol. The van der Waals surface area contributed by atoms with Gasteiger partial charge in [0, 0.05) is 48.9 Å². The van der Waals surface area contributed by atoms with Crippen molar-refractivity contribution in [3.8, 4) is 11.3 Å². The van der Waals surface area contributed by atoms with Gasteiger partial charge in [-0.2, -0.15) is 0 Å². The van der Waals surface area contributed by atoms with Crippen molar-refractivity contribution in [2.45, 2.75) is 52.1 Å². The Bertz CT molecular complexity index is 1370. The summed E-state index contributed by atoms with van der Waals surface area (Å²) in [6.45, 7) is 10.1. The first-order valence-electron chi connectivity index (χ1n) is 14.2. The van der Waals surface area contributed by atoms with E-state index in [1.165, 1.54) is 0 Å². The highest BCUT2D eigenvalue weighted by Crippen LogP contribution is 2.46. The Morgan fingerprint density at radius 3 is 2.45 bits per heavy atom. The van der Waals surface area contributed by atoms with Gasteiger partial charge >= 0.3 is 6.09 Å². The Balaban J connectivity index is 1.04. The molecule has 3 aromatic rings. The molecule has 2 aliphatic heterocycles. The fraction of sp³-hybridized carbons (Fsp3) is 0.533. The number of H-pyrrole nitrogens is 1. The van der Waals surface area contributed by atoms with Crippen LogP contribution in [0.15, 0.2) is 36.7 Å². The number of anilines is 2. The summed E-state index contributed by atoms with van der Waals surface area (Å²) in [4.78, 5) is 41.8. The van der Waals surface area contributed by atoms with Crippen molar-refractivity contribution >= 4 is 34.5 Å². The van der Waals surface area contributed by atoms with Gasteiger partial charge in [0.25, 0.3) is 0 Å². The molecule has 2 amide bonds. The molecule has 10 nitrogen and oxygen atoms in total. The van der Waals surface area contributed by atoms with E-state index in [9.17, 15) is 9.59 Å². The van der Waals surface area contributed by atoms with E-state index in [4.69, 9.17) is 9.47 Å². The Labute approximate surface area is 234 Å². The van der Waals surface area contributed by atoms with Crippen LogP contribution in [0.1, 0.15) is 46.5 Å². The zero-order valence-corrected chi connectivity index (χ0v) is 23.5. The molecule has 1 saturated carbocycles. The Morgan fingerprint density at radius 2 is 1.77 bits per heavy atom. The number of nitrogens with one attached hydrogen (secondary N) is 2. The number of benzene rings is 1. The third kappa shape index (κ3) is 5.50. The first-order valence-corrected chi connectivity index (χ1v) is 14.2. The Hall–Kier alpha value is -3.66. The lowest BCUT2D eigenvalue weighted by Gasteiger charge is -2.53. The lowest BCUT2D eigenvalue weighted by molar-refractivity contribution is -0.123. The number of aromatic nitrogens is 3. The molecule has 3 aliphatic rings. The van der Waals surface area contributed by atoms with E-state index in [1.807, 2.05) is 45.0 Å². The van der Waals surface area contributed by atoms with E-state index in [2.05, 4.69) is 31.2 Å². The first-order chi connectivity index (χ1) is 19.2. The summed E-state index contributed by atoms with van der Waals surface area (Å²) < 4.78 is 11.0. The van der Waals surface area contributed by atoms with Gasteiger partial charge < -0.3 is 29.6 Å². The smallest absolute Gasteiger partial charge is 0.410 e. The van der Waals surface area contributed by atoms with Crippen molar-refractivity contribution in [3.63, 3.8) is 0 Å². The summed E-state index contributed by atoms with van der Waals surface area (Å²) in [7, 11) is 0. The molecule has 0 unspecified atom stereocenters. The minimum atomic E-state index is -0.482. The van der Waals surface area contributed by atoms with Gasteiger partial charge in [-0.05, 0) is 70.2 Å². The predicted octanol–water partition coefficient (Wildman–Crippen LogP) is 4.83. The molecule has 2 N–H and O–H groups in total. The number of hydrogen-bond donors (Lipinski definition) is 2. The van der Waals surface area contributed by atoms with E-state index in [0.717, 1.165) is 85.7 Å². The van der Waals surface area contributed by atoms with Gasteiger partial charge in [0.1, 0.15) is 23.4 Å². The summed E-state index contributed by atoms with van der Waals surface area (Å²) in [5.41, 5.74) is 3.23. The lowest BCUT2D eigenvalue weighted by atomic mass is 9.66. The lowest BCUT2D eigenvalue weighted by Crippen LogP contribution is -2.60. The van der Waals surface area contributed by atoms with Gasteiger partial charge in [-0.15, -0.1) is 0 Å². The fourth-order valence-electron chi connectivity index (χ4n) is 6.11. The summed E-state index contributed by atoms with van der Waals surface area (Å²) in [5.74, 6) is 0.988. The predicted molar refractivity (Wildman–Crippen MR) is 153 cm³/mol. The van der Waals surface area contributed by atoms with Crippen molar-refractivity contribution in [1.82, 2.24) is 19.9 Å². The van der Waals surface area contributed by atoms with Gasteiger partial charge in [-0.1, -0.05) is 12.1 Å². The molecule has 0 radical (unpaired) electrons. The van der Waals surface area contributed by atoms with Crippen LogP contribution in [0.25, 0.3) is 22.3 Å². The molecule has 1 aromatic carbocycles. The number of aromatic amines is 1. The van der Waals surface area contributed by atoms with E-state index in [1.54, 1.807) is 11.2 Å². The summed E-state index contributed by atoms with van der Waals surface area (Å²) in [6.07, 6.45) is 4.96. The van der Waals surface area contributed by atoms with E-state index in [-0.39, 0.29) is 23.3 Å². The number of carbonyl (C=O) groups is 2. The zero-order chi connectivity index (χ0) is 27.9. The average molecular weight is 547 g/mol. The first kappa shape index (κ1) is 26.6. The fourth-order valence-corrected chi connectivity index (χ4v) is 6.11. The maximum atomic E-state index is 13.0. The van der Waals surface area contributed by atoms with Crippen molar-refractivity contribution in [3.05, 3.63) is 36.7 Å². The van der Waals surface area contributed by atoms with Crippen LogP contribution < -0.4 is 10.2 Å². The average Bonchev–Trinajstić information content (AvgIpc) is 3.36. The van der Waals surface area contributed by atoms with Gasteiger partial charge in [0.2, 0.25) is 5.91 Å². The molecule has 0 atom stereocenters. The van der Waals surface area contributed by atoms with Crippen LogP contribution in [0.3, 0.4) is 0 Å². The standard InChI is InChI=1S/C30H38N6O4/c1-29(2,3)40-28(38)36-17-30(18-36)10-8-21(9-11-30)27(37)33-22-6-4-20(5-7-22)24-16-23-25(34-24)31-19-32-26(23)35-12-14-39-15-13-35/h4-7,16,19,21H,8-15,17-18H2,1-3H3,(H,33,37)(H,31,32,34). The molecule has 3 fully saturated rings. The molecule has 6 rings (SSSR count). The van der Waals surface area contributed by atoms with Crippen molar-refractivity contribution in [1.29, 1.82) is 0 Å². The number of nitrogens with zero attached hydrogens (tertiary/aromatic N) is 4. The highest BCUT2D eigenvalue weighted by atomic mass is 16.6. The van der Waals surface area contributed by atoms with Crippen LogP contribution in [-0.4, -0.2) is 76.8 Å². The van der Waals surface area contributed by atoms with Crippen molar-refractivity contribution < 1.29 is 19.1 Å². The van der Waals surface area contributed by atoms with Crippen LogP contribution in [0.5, 0.6) is 0 Å². The molecular formula is C30H38N6O4. The second-order valence-corrected chi connectivity index (χ2v) is 12.4. The number of carbonyl (C=O) groups excluding carboxylic acids is 2. The number of amides is 2. The van der Waals surface area contributed by atoms with Gasteiger partial charge in [0.05, 0.1) is 18.6 Å². The van der Waals surface area contributed by atoms with E-state index in [0.29, 0.717) is 13.2 Å². The topological polar surface area (TPSA) is 113 Å². The number of hydrogen-bond acceptors (Lipinski definition) is 7. The highest BCUT2D eigenvalue weighted by molar-refractivity contribution is 5.94. The highest BCUT2D eigenvalue weighted by Gasteiger charge is 2.48. The Kier molecular flexibility index (Phi) is 6.90. The molecule has 212 valence electrons. The maximum absolute atomic E-state index is 13.0. The minimum Gasteiger partial charge on any atom is -0.444 e. The van der Waals surface area contributed by atoms with Crippen molar-refractivity contribution in [2.24, 2.45) is 11.3 Å². The summed E-state index contributed by atoms with van der Waals surface area (Å²) in [6, 6.07) is 10.0. The maximum Gasteiger partial charge on any atom is 0.410 e. The van der Waals surface area contributed by atoms with Gasteiger partial charge in [-0.3, -0.25) is 4.79 Å². The third-order valence-electron chi connectivity index (χ3n) is 8.30. The van der Waals surface area contributed by atoms with Crippen LogP contribution in [0.2, 0.25) is 0 Å². The van der Waals surface area contributed by atoms with Crippen LogP contribution in [0, 0.1) is 11.3 Å². The molecule has 2 aromatic heterocycles. The number of likely N-dealkylation sites (tertiary alicyclic amines) is 1. The molecule has 4 heterocycles. The molecule has 2 saturated heterocycles. The normalized spacial score (nSPS) is 19.5. The SMILES string of the molecule is CC(C)(C)OC(=O)N1CC2(CCC(C(=O)Nc3ccc(-c4cc5c(N6CCOCC6)ncnc5[nH]4)cc3)CC2)C1. The van der Waals surface area contributed by atoms with Gasteiger partial charge in [-0.25, -0.2) is 14.8 Å². The molecule has 1 spiro atoms.